The van der Waals surface area contributed by atoms with Crippen molar-refractivity contribution in [1.29, 1.82) is 0 Å². The van der Waals surface area contributed by atoms with E-state index in [1.807, 2.05) is 18.4 Å². The van der Waals surface area contributed by atoms with Crippen LogP contribution >= 0.6 is 35.3 Å². The van der Waals surface area contributed by atoms with Crippen LogP contribution in [0.25, 0.3) is 0 Å². The van der Waals surface area contributed by atoms with Gasteiger partial charge in [0, 0.05) is 42.5 Å². The molecule has 0 saturated carbocycles. The van der Waals surface area contributed by atoms with Gasteiger partial charge in [0.15, 0.2) is 5.96 Å². The van der Waals surface area contributed by atoms with Crippen LogP contribution in [0, 0.1) is 6.92 Å². The maximum atomic E-state index is 5.50. The van der Waals surface area contributed by atoms with Gasteiger partial charge >= 0.3 is 0 Å². The number of aliphatic imine (C=N–C) groups is 1. The Labute approximate surface area is 160 Å². The number of morpholine rings is 1. The van der Waals surface area contributed by atoms with Crippen LogP contribution in [0.3, 0.4) is 0 Å². The molecule has 0 amide bonds. The van der Waals surface area contributed by atoms with E-state index >= 15 is 0 Å². The summed E-state index contributed by atoms with van der Waals surface area (Å²) in [7, 11) is 1.82. The third-order valence-electron chi connectivity index (χ3n) is 3.69. The van der Waals surface area contributed by atoms with E-state index in [0.717, 1.165) is 38.8 Å². The van der Waals surface area contributed by atoms with Gasteiger partial charge in [0.2, 0.25) is 0 Å². The number of nitrogens with zero attached hydrogens (tertiary/aromatic N) is 2. The lowest BCUT2D eigenvalue weighted by atomic mass is 10.2. The summed E-state index contributed by atoms with van der Waals surface area (Å²) in [6, 6.07) is 5.19. The van der Waals surface area contributed by atoms with Crippen molar-refractivity contribution in [2.45, 2.75) is 32.9 Å². The molecule has 1 aromatic heterocycles. The fraction of sp³-hybridized carbons (Fsp3) is 0.688. The Morgan fingerprint density at radius 1 is 1.35 bits per heavy atom. The average Bonchev–Trinajstić information content (AvgIpc) is 2.93. The molecule has 1 aromatic rings. The van der Waals surface area contributed by atoms with Crippen molar-refractivity contribution in [2.75, 3.05) is 39.9 Å². The predicted molar refractivity (Wildman–Crippen MR) is 109 cm³/mol. The van der Waals surface area contributed by atoms with Gasteiger partial charge in [0.25, 0.3) is 0 Å². The van der Waals surface area contributed by atoms with Crippen molar-refractivity contribution in [3.8, 4) is 0 Å². The summed E-state index contributed by atoms with van der Waals surface area (Å²) in [4.78, 5) is 9.57. The molecular weight excluding hydrogens is 423 g/mol. The van der Waals surface area contributed by atoms with Crippen LogP contribution < -0.4 is 10.6 Å². The quantitative estimate of drug-likeness (QED) is 0.410. The van der Waals surface area contributed by atoms with Gasteiger partial charge in [0.1, 0.15) is 0 Å². The third-order valence-corrected chi connectivity index (χ3v) is 4.79. The smallest absolute Gasteiger partial charge is 0.191 e. The van der Waals surface area contributed by atoms with Gasteiger partial charge in [-0.25, -0.2) is 0 Å². The van der Waals surface area contributed by atoms with Crippen molar-refractivity contribution < 1.29 is 4.74 Å². The highest BCUT2D eigenvalue weighted by atomic mass is 127. The molecule has 1 unspecified atom stereocenters. The first-order chi connectivity index (χ1) is 10.6. The molecule has 1 aliphatic rings. The zero-order valence-corrected chi connectivity index (χ0v) is 17.6. The fourth-order valence-corrected chi connectivity index (χ4v) is 3.61. The van der Waals surface area contributed by atoms with Crippen LogP contribution in [0.1, 0.15) is 29.6 Å². The Morgan fingerprint density at radius 3 is 2.57 bits per heavy atom. The van der Waals surface area contributed by atoms with Crippen LogP contribution in [0.5, 0.6) is 0 Å². The summed E-state index contributed by atoms with van der Waals surface area (Å²) in [5.41, 5.74) is 0. The molecule has 5 nitrogen and oxygen atoms in total. The van der Waals surface area contributed by atoms with E-state index in [4.69, 9.17) is 4.74 Å². The average molecular weight is 452 g/mol. The van der Waals surface area contributed by atoms with Gasteiger partial charge < -0.3 is 15.4 Å². The zero-order chi connectivity index (χ0) is 15.9. The maximum Gasteiger partial charge on any atom is 0.191 e. The molecule has 0 bridgehead atoms. The fourth-order valence-electron chi connectivity index (χ4n) is 2.59. The Kier molecular flexibility index (Phi) is 9.41. The van der Waals surface area contributed by atoms with Gasteiger partial charge in [-0.3, -0.25) is 9.89 Å². The maximum absolute atomic E-state index is 5.50. The second-order valence-corrected chi connectivity index (χ2v) is 7.18. The number of hydrogen-bond acceptors (Lipinski definition) is 4. The first-order valence-electron chi connectivity index (χ1n) is 7.95. The minimum atomic E-state index is 0. The Bertz CT molecular complexity index is 486. The van der Waals surface area contributed by atoms with E-state index < -0.39 is 0 Å². The minimum absolute atomic E-state index is 0. The summed E-state index contributed by atoms with van der Waals surface area (Å²) in [6.07, 6.45) is 0. The van der Waals surface area contributed by atoms with Gasteiger partial charge in [-0.1, -0.05) is 0 Å². The van der Waals surface area contributed by atoms with Crippen LogP contribution in [0.4, 0.5) is 0 Å². The van der Waals surface area contributed by atoms with E-state index in [-0.39, 0.29) is 24.0 Å². The summed E-state index contributed by atoms with van der Waals surface area (Å²) in [6.45, 7) is 10.9. The van der Waals surface area contributed by atoms with E-state index in [0.29, 0.717) is 12.1 Å². The standard InChI is InChI=1S/C16H28N4OS.HI/c1-12(2)19-16(17-4)18-11-14(15-6-5-13(3)22-15)20-7-9-21-10-8-20;/h5-6,12,14H,7-11H2,1-4H3,(H2,17,18,19);1H. The first-order valence-corrected chi connectivity index (χ1v) is 8.77. The topological polar surface area (TPSA) is 48.9 Å². The Morgan fingerprint density at radius 2 is 2.04 bits per heavy atom. The molecule has 7 heteroatoms. The molecule has 2 heterocycles. The van der Waals surface area contributed by atoms with Crippen LogP contribution in [0.2, 0.25) is 0 Å². The van der Waals surface area contributed by atoms with Gasteiger partial charge in [-0.15, -0.1) is 35.3 Å². The lowest BCUT2D eigenvalue weighted by Crippen LogP contribution is -2.47. The molecule has 0 aromatic carbocycles. The number of rotatable bonds is 5. The van der Waals surface area contributed by atoms with Crippen molar-refractivity contribution in [1.82, 2.24) is 15.5 Å². The van der Waals surface area contributed by atoms with Crippen LogP contribution in [0.15, 0.2) is 17.1 Å². The van der Waals surface area contributed by atoms with E-state index in [9.17, 15) is 0 Å². The Hall–Kier alpha value is -0.380. The number of aryl methyl sites for hydroxylation is 1. The molecule has 0 aliphatic carbocycles. The number of halogens is 1. The summed E-state index contributed by atoms with van der Waals surface area (Å²) in [5.74, 6) is 0.863. The summed E-state index contributed by atoms with van der Waals surface area (Å²) >= 11 is 1.88. The predicted octanol–water partition coefficient (Wildman–Crippen LogP) is 2.62. The molecule has 2 rings (SSSR count). The summed E-state index contributed by atoms with van der Waals surface area (Å²) in [5, 5.41) is 6.81. The molecule has 1 fully saturated rings. The lowest BCUT2D eigenvalue weighted by Gasteiger charge is -2.34. The lowest BCUT2D eigenvalue weighted by molar-refractivity contribution is 0.0177. The monoisotopic (exact) mass is 452 g/mol. The van der Waals surface area contributed by atoms with Crippen molar-refractivity contribution >= 4 is 41.3 Å². The van der Waals surface area contributed by atoms with Crippen molar-refractivity contribution in [2.24, 2.45) is 4.99 Å². The van der Waals surface area contributed by atoms with E-state index in [1.54, 1.807) is 0 Å². The molecule has 0 radical (unpaired) electrons. The van der Waals surface area contributed by atoms with E-state index in [1.165, 1.54) is 9.75 Å². The number of hydrogen-bond donors (Lipinski definition) is 2. The van der Waals surface area contributed by atoms with Gasteiger partial charge in [0.05, 0.1) is 19.3 Å². The normalized spacial score (nSPS) is 17.7. The van der Waals surface area contributed by atoms with E-state index in [2.05, 4.69) is 53.4 Å². The Balaban J connectivity index is 0.00000264. The molecule has 0 spiro atoms. The van der Waals surface area contributed by atoms with Crippen LogP contribution in [-0.4, -0.2) is 56.8 Å². The first kappa shape index (κ1) is 20.7. The molecule has 23 heavy (non-hydrogen) atoms. The molecule has 1 aliphatic heterocycles. The highest BCUT2D eigenvalue weighted by molar-refractivity contribution is 14.0. The number of thiophene rings is 1. The number of nitrogens with one attached hydrogen (secondary N) is 2. The van der Waals surface area contributed by atoms with Crippen molar-refractivity contribution in [3.63, 3.8) is 0 Å². The highest BCUT2D eigenvalue weighted by Crippen LogP contribution is 2.27. The molecular formula is C16H29IN4OS. The van der Waals surface area contributed by atoms with Crippen LogP contribution in [-0.2, 0) is 4.74 Å². The van der Waals surface area contributed by atoms with Gasteiger partial charge in [-0.2, -0.15) is 0 Å². The third kappa shape index (κ3) is 6.56. The highest BCUT2D eigenvalue weighted by Gasteiger charge is 2.24. The molecule has 2 N–H and O–H groups in total. The number of guanidine groups is 1. The summed E-state index contributed by atoms with van der Waals surface area (Å²) < 4.78 is 5.50. The molecule has 1 atom stereocenters. The molecule has 132 valence electrons. The molecule has 1 saturated heterocycles. The van der Waals surface area contributed by atoms with Gasteiger partial charge in [-0.05, 0) is 32.9 Å². The minimum Gasteiger partial charge on any atom is -0.379 e. The SMILES string of the molecule is CN=C(NCC(c1ccc(C)s1)N1CCOCC1)NC(C)C.I. The second-order valence-electron chi connectivity index (χ2n) is 5.86. The number of ether oxygens (including phenoxy) is 1. The zero-order valence-electron chi connectivity index (χ0n) is 14.5. The largest absolute Gasteiger partial charge is 0.379 e. The second kappa shape index (κ2) is 10.5. The van der Waals surface area contributed by atoms with Crippen molar-refractivity contribution in [3.05, 3.63) is 21.9 Å².